The van der Waals surface area contributed by atoms with Gasteiger partial charge in [-0.2, -0.15) is 0 Å². The fourth-order valence-electron chi connectivity index (χ4n) is 3.45. The first-order valence-electron chi connectivity index (χ1n) is 9.04. The molecular weight excluding hydrogens is 323 g/mol. The van der Waals surface area contributed by atoms with E-state index < -0.39 is 11.9 Å². The molecule has 1 heterocycles. The predicted molar refractivity (Wildman–Crippen MR) is 91.0 cm³/mol. The van der Waals surface area contributed by atoms with E-state index in [-0.39, 0.29) is 30.2 Å². The summed E-state index contributed by atoms with van der Waals surface area (Å²) in [6.45, 7) is 1.31. The molecule has 6 heteroatoms. The van der Waals surface area contributed by atoms with Gasteiger partial charge < -0.3 is 15.3 Å². The Morgan fingerprint density at radius 2 is 1.92 bits per heavy atom. The summed E-state index contributed by atoms with van der Waals surface area (Å²) in [5, 5.41) is 12.8. The second-order valence-electron chi connectivity index (χ2n) is 7.04. The van der Waals surface area contributed by atoms with Crippen molar-refractivity contribution in [1.82, 2.24) is 10.2 Å². The molecule has 2 aliphatic rings. The van der Waals surface area contributed by atoms with E-state index in [0.29, 0.717) is 31.5 Å². The number of halogens is 1. The highest BCUT2D eigenvalue weighted by molar-refractivity contribution is 5.81. The van der Waals surface area contributed by atoms with Crippen LogP contribution < -0.4 is 5.32 Å². The van der Waals surface area contributed by atoms with Crippen LogP contribution in [-0.4, -0.2) is 41.5 Å². The minimum Gasteiger partial charge on any atom is -0.387 e. The summed E-state index contributed by atoms with van der Waals surface area (Å²) in [5.74, 6) is -0.207. The lowest BCUT2D eigenvalue weighted by molar-refractivity contribution is -0.141. The van der Waals surface area contributed by atoms with Gasteiger partial charge in [0.25, 0.3) is 0 Å². The number of rotatable bonds is 5. The largest absolute Gasteiger partial charge is 0.387 e. The van der Waals surface area contributed by atoms with Crippen LogP contribution in [0.25, 0.3) is 0 Å². The quantitative estimate of drug-likeness (QED) is 0.855. The number of amides is 2. The maximum atomic E-state index is 13.2. The summed E-state index contributed by atoms with van der Waals surface area (Å²) >= 11 is 0. The van der Waals surface area contributed by atoms with Crippen LogP contribution in [0.2, 0.25) is 0 Å². The molecule has 25 heavy (non-hydrogen) atoms. The van der Waals surface area contributed by atoms with Gasteiger partial charge in [0, 0.05) is 31.5 Å². The number of nitrogens with one attached hydrogen (secondary N) is 1. The van der Waals surface area contributed by atoms with Crippen LogP contribution in [0.5, 0.6) is 0 Å². The number of carbonyl (C=O) groups is 2. The molecule has 0 bridgehead atoms. The van der Waals surface area contributed by atoms with Crippen molar-refractivity contribution < 1.29 is 19.1 Å². The Kier molecular flexibility index (Phi) is 5.68. The summed E-state index contributed by atoms with van der Waals surface area (Å²) in [5.41, 5.74) is 0.446. The van der Waals surface area contributed by atoms with E-state index in [1.165, 1.54) is 18.2 Å². The molecule has 1 saturated heterocycles. The maximum absolute atomic E-state index is 13.2. The summed E-state index contributed by atoms with van der Waals surface area (Å²) in [6.07, 6.45) is 3.51. The number of hydrogen-bond acceptors (Lipinski definition) is 3. The number of benzene rings is 1. The van der Waals surface area contributed by atoms with Crippen LogP contribution in [0.4, 0.5) is 4.39 Å². The molecule has 1 aromatic carbocycles. The molecule has 136 valence electrons. The van der Waals surface area contributed by atoms with Crippen molar-refractivity contribution in [2.75, 3.05) is 19.6 Å². The minimum absolute atomic E-state index is 0.0590. The van der Waals surface area contributed by atoms with Gasteiger partial charge in [-0.05, 0) is 43.4 Å². The second-order valence-corrected chi connectivity index (χ2v) is 7.04. The first kappa shape index (κ1) is 17.9. The van der Waals surface area contributed by atoms with Gasteiger partial charge >= 0.3 is 0 Å². The number of piperidine rings is 1. The molecule has 0 aromatic heterocycles. The molecular formula is C19H25FN2O3. The fraction of sp³-hybridized carbons (Fsp3) is 0.579. The van der Waals surface area contributed by atoms with Gasteiger partial charge in [0.15, 0.2) is 0 Å². The lowest BCUT2D eigenvalue weighted by Crippen LogP contribution is -2.46. The van der Waals surface area contributed by atoms with Crippen LogP contribution in [0.15, 0.2) is 24.3 Å². The van der Waals surface area contributed by atoms with Gasteiger partial charge in [0.1, 0.15) is 5.82 Å². The lowest BCUT2D eigenvalue weighted by Gasteiger charge is -2.36. The monoisotopic (exact) mass is 348 g/mol. The third kappa shape index (κ3) is 4.37. The molecule has 1 unspecified atom stereocenters. The van der Waals surface area contributed by atoms with Crippen LogP contribution in [0, 0.1) is 17.7 Å². The first-order chi connectivity index (χ1) is 12.0. The van der Waals surface area contributed by atoms with Crippen LogP contribution >= 0.6 is 0 Å². The molecule has 1 aliphatic heterocycles. The second kappa shape index (κ2) is 7.95. The maximum Gasteiger partial charge on any atom is 0.225 e. The number of carbonyl (C=O) groups excluding carboxylic acids is 2. The van der Waals surface area contributed by atoms with E-state index in [2.05, 4.69) is 5.32 Å². The third-order valence-corrected chi connectivity index (χ3v) is 5.33. The summed E-state index contributed by atoms with van der Waals surface area (Å²) in [7, 11) is 0. The highest BCUT2D eigenvalue weighted by atomic mass is 19.1. The molecule has 3 rings (SSSR count). The Bertz CT molecular complexity index is 625. The van der Waals surface area contributed by atoms with Crippen molar-refractivity contribution >= 4 is 11.8 Å². The number of likely N-dealkylation sites (tertiary alicyclic amines) is 1. The van der Waals surface area contributed by atoms with Crippen molar-refractivity contribution in [3.63, 3.8) is 0 Å². The Morgan fingerprint density at radius 1 is 1.20 bits per heavy atom. The number of aliphatic hydroxyl groups is 1. The zero-order chi connectivity index (χ0) is 17.8. The number of hydrogen-bond donors (Lipinski definition) is 2. The molecule has 1 atom stereocenters. The van der Waals surface area contributed by atoms with E-state index in [0.717, 1.165) is 19.3 Å². The summed E-state index contributed by atoms with van der Waals surface area (Å²) in [6, 6.07) is 5.74. The van der Waals surface area contributed by atoms with Crippen molar-refractivity contribution in [3.05, 3.63) is 35.6 Å². The van der Waals surface area contributed by atoms with Gasteiger partial charge in [-0.15, -0.1) is 0 Å². The highest BCUT2D eigenvalue weighted by Crippen LogP contribution is 2.30. The van der Waals surface area contributed by atoms with Crippen molar-refractivity contribution in [2.24, 2.45) is 11.8 Å². The summed E-state index contributed by atoms with van der Waals surface area (Å²) in [4.78, 5) is 26.4. The van der Waals surface area contributed by atoms with Crippen LogP contribution in [0.1, 0.15) is 43.8 Å². The molecule has 2 N–H and O–H groups in total. The molecule has 0 radical (unpaired) electrons. The average Bonchev–Trinajstić information content (AvgIpc) is 2.58. The van der Waals surface area contributed by atoms with E-state index in [4.69, 9.17) is 0 Å². The number of aliphatic hydroxyl groups excluding tert-OH is 1. The Labute approximate surface area is 147 Å². The smallest absolute Gasteiger partial charge is 0.225 e. The normalized spacial score (nSPS) is 20.0. The van der Waals surface area contributed by atoms with Gasteiger partial charge in [-0.1, -0.05) is 18.6 Å². The molecule has 1 saturated carbocycles. The standard InChI is InChI=1S/C19H25FN2O3/c20-16-6-2-5-15(11-16)17(23)12-21-18(24)13-7-9-22(10-8-13)19(25)14-3-1-4-14/h2,5-6,11,13-14,17,23H,1,3-4,7-10,12H2,(H,21,24). The van der Waals surface area contributed by atoms with Gasteiger partial charge in [-0.3, -0.25) is 9.59 Å². The van der Waals surface area contributed by atoms with Crippen LogP contribution in [0.3, 0.4) is 0 Å². The lowest BCUT2D eigenvalue weighted by atomic mass is 9.83. The van der Waals surface area contributed by atoms with E-state index >= 15 is 0 Å². The zero-order valence-electron chi connectivity index (χ0n) is 14.3. The molecule has 2 amide bonds. The Balaban J connectivity index is 1.42. The molecule has 1 aliphatic carbocycles. The van der Waals surface area contributed by atoms with Gasteiger partial charge in [0.05, 0.1) is 6.10 Å². The molecule has 5 nitrogen and oxygen atoms in total. The van der Waals surface area contributed by atoms with Crippen molar-refractivity contribution in [3.8, 4) is 0 Å². The molecule has 0 spiro atoms. The highest BCUT2D eigenvalue weighted by Gasteiger charge is 2.33. The average molecular weight is 348 g/mol. The van der Waals surface area contributed by atoms with Crippen molar-refractivity contribution in [2.45, 2.75) is 38.2 Å². The fourth-order valence-corrected chi connectivity index (χ4v) is 3.45. The van der Waals surface area contributed by atoms with Crippen molar-refractivity contribution in [1.29, 1.82) is 0 Å². The van der Waals surface area contributed by atoms with Gasteiger partial charge in [0.2, 0.25) is 11.8 Å². The van der Waals surface area contributed by atoms with E-state index in [9.17, 15) is 19.1 Å². The topological polar surface area (TPSA) is 69.6 Å². The Morgan fingerprint density at radius 3 is 2.52 bits per heavy atom. The zero-order valence-corrected chi connectivity index (χ0v) is 14.3. The first-order valence-corrected chi connectivity index (χ1v) is 9.04. The minimum atomic E-state index is -0.931. The Hall–Kier alpha value is -1.95. The third-order valence-electron chi connectivity index (χ3n) is 5.33. The van der Waals surface area contributed by atoms with Crippen LogP contribution in [-0.2, 0) is 9.59 Å². The summed E-state index contributed by atoms with van der Waals surface area (Å²) < 4.78 is 13.2. The number of nitrogens with zero attached hydrogens (tertiary/aromatic N) is 1. The SMILES string of the molecule is O=C(NCC(O)c1cccc(F)c1)C1CCN(C(=O)C2CCC2)CC1. The molecule has 1 aromatic rings. The molecule has 2 fully saturated rings. The predicted octanol–water partition coefficient (Wildman–Crippen LogP) is 2.01. The van der Waals surface area contributed by atoms with Gasteiger partial charge in [-0.25, -0.2) is 4.39 Å². The van der Waals surface area contributed by atoms with E-state index in [1.807, 2.05) is 4.90 Å². The van der Waals surface area contributed by atoms with E-state index in [1.54, 1.807) is 6.07 Å².